The zero-order valence-electron chi connectivity index (χ0n) is 11.7. The molecule has 1 aliphatic rings. The van der Waals surface area contributed by atoms with Crippen LogP contribution in [0.15, 0.2) is 18.3 Å². The third kappa shape index (κ3) is 2.60. The van der Waals surface area contributed by atoms with Gasteiger partial charge in [-0.1, -0.05) is 0 Å². The lowest BCUT2D eigenvalue weighted by Crippen LogP contribution is -2.16. The second-order valence-corrected chi connectivity index (χ2v) is 5.06. The number of fused-ring (bicyclic) bond motifs is 2. The summed E-state index contributed by atoms with van der Waals surface area (Å²) < 4.78 is 10.8. The maximum absolute atomic E-state index is 5.41. The number of benzene rings is 1. The Morgan fingerprint density at radius 2 is 2.05 bits per heavy atom. The number of hydrogen-bond acceptors (Lipinski definition) is 6. The van der Waals surface area contributed by atoms with E-state index < -0.39 is 0 Å². The summed E-state index contributed by atoms with van der Waals surface area (Å²) in [6, 6.07) is 3.83. The number of hydrogen-bond donors (Lipinski definition) is 1. The molecule has 0 saturated heterocycles. The Bertz CT molecular complexity index is 615. The van der Waals surface area contributed by atoms with Crippen molar-refractivity contribution in [3.63, 3.8) is 0 Å². The van der Waals surface area contributed by atoms with Crippen molar-refractivity contribution in [2.45, 2.75) is 6.42 Å². The second-order valence-electron chi connectivity index (χ2n) is 5.06. The van der Waals surface area contributed by atoms with Crippen LogP contribution in [0.5, 0.6) is 11.5 Å². The summed E-state index contributed by atoms with van der Waals surface area (Å²) in [4.78, 5) is 2.17. The van der Waals surface area contributed by atoms with E-state index in [0.717, 1.165) is 47.6 Å². The lowest BCUT2D eigenvalue weighted by molar-refractivity contribution is 0.174. The summed E-state index contributed by atoms with van der Waals surface area (Å²) >= 11 is 0. The summed E-state index contributed by atoms with van der Waals surface area (Å²) in [6.07, 6.45) is 2.82. The van der Waals surface area contributed by atoms with E-state index in [-0.39, 0.29) is 6.79 Å². The van der Waals surface area contributed by atoms with Gasteiger partial charge in [0.25, 0.3) is 0 Å². The van der Waals surface area contributed by atoms with Gasteiger partial charge in [0.05, 0.1) is 17.4 Å². The molecule has 0 spiro atoms. The van der Waals surface area contributed by atoms with E-state index in [0.29, 0.717) is 0 Å². The van der Waals surface area contributed by atoms with Crippen molar-refractivity contribution in [1.82, 2.24) is 15.1 Å². The molecule has 0 radical (unpaired) electrons. The van der Waals surface area contributed by atoms with Crippen LogP contribution in [0.4, 0.5) is 5.69 Å². The quantitative estimate of drug-likeness (QED) is 0.838. The van der Waals surface area contributed by atoms with Gasteiger partial charge in [0.15, 0.2) is 11.5 Å². The Morgan fingerprint density at radius 1 is 1.25 bits per heavy atom. The first-order valence-corrected chi connectivity index (χ1v) is 6.67. The van der Waals surface area contributed by atoms with Crippen molar-refractivity contribution >= 4 is 16.6 Å². The van der Waals surface area contributed by atoms with E-state index in [1.807, 2.05) is 12.1 Å². The third-order valence-electron chi connectivity index (χ3n) is 3.23. The smallest absolute Gasteiger partial charge is 0.231 e. The average molecular weight is 274 g/mol. The van der Waals surface area contributed by atoms with E-state index in [2.05, 4.69) is 34.5 Å². The van der Waals surface area contributed by atoms with Gasteiger partial charge in [-0.15, -0.1) is 0 Å². The Hall–Kier alpha value is -2.08. The monoisotopic (exact) mass is 274 g/mol. The van der Waals surface area contributed by atoms with Gasteiger partial charge in [-0.3, -0.25) is 0 Å². The summed E-state index contributed by atoms with van der Waals surface area (Å²) in [5, 5.41) is 12.6. The Labute approximate surface area is 117 Å². The molecule has 0 amide bonds. The number of anilines is 1. The van der Waals surface area contributed by atoms with Crippen molar-refractivity contribution in [3.05, 3.63) is 18.3 Å². The minimum atomic E-state index is 0.269. The molecular formula is C14H18N4O2. The highest BCUT2D eigenvalue weighted by Gasteiger charge is 2.16. The first-order valence-electron chi connectivity index (χ1n) is 6.67. The molecule has 2 heterocycles. The van der Waals surface area contributed by atoms with Crippen molar-refractivity contribution < 1.29 is 9.47 Å². The molecule has 0 bridgehead atoms. The van der Waals surface area contributed by atoms with Gasteiger partial charge in [0.1, 0.15) is 0 Å². The minimum absolute atomic E-state index is 0.269. The molecule has 0 unspecified atom stereocenters. The van der Waals surface area contributed by atoms with Crippen LogP contribution in [0, 0.1) is 0 Å². The van der Waals surface area contributed by atoms with Crippen molar-refractivity contribution in [1.29, 1.82) is 0 Å². The van der Waals surface area contributed by atoms with Crippen LogP contribution >= 0.6 is 0 Å². The van der Waals surface area contributed by atoms with Gasteiger partial charge in [-0.25, -0.2) is 0 Å². The summed E-state index contributed by atoms with van der Waals surface area (Å²) in [5.41, 5.74) is 1.79. The highest BCUT2D eigenvalue weighted by atomic mass is 16.7. The maximum Gasteiger partial charge on any atom is 0.231 e. The molecule has 106 valence electrons. The Morgan fingerprint density at radius 3 is 2.85 bits per heavy atom. The van der Waals surface area contributed by atoms with Crippen molar-refractivity contribution in [3.8, 4) is 11.5 Å². The number of nitrogens with one attached hydrogen (secondary N) is 1. The van der Waals surface area contributed by atoms with Crippen molar-refractivity contribution in [2.24, 2.45) is 0 Å². The maximum atomic E-state index is 5.41. The Balaban J connectivity index is 1.80. The average Bonchev–Trinajstić information content (AvgIpc) is 2.88. The van der Waals surface area contributed by atoms with Crippen LogP contribution in [0.25, 0.3) is 10.9 Å². The highest BCUT2D eigenvalue weighted by molar-refractivity contribution is 5.92. The van der Waals surface area contributed by atoms with Crippen LogP contribution < -0.4 is 14.8 Å². The molecular weight excluding hydrogens is 256 g/mol. The molecule has 20 heavy (non-hydrogen) atoms. The zero-order chi connectivity index (χ0) is 13.9. The van der Waals surface area contributed by atoms with Crippen LogP contribution in [-0.4, -0.2) is 49.1 Å². The largest absolute Gasteiger partial charge is 0.454 e. The van der Waals surface area contributed by atoms with E-state index in [1.54, 1.807) is 6.20 Å². The fourth-order valence-corrected chi connectivity index (χ4v) is 2.21. The van der Waals surface area contributed by atoms with Gasteiger partial charge < -0.3 is 19.7 Å². The standard InChI is InChI=1S/C14H18N4O2/c1-18(2)5-3-4-15-12-8-16-17-11-7-14-13(6-10(11)12)19-9-20-14/h6-8H,3-5,9H2,1-2H3,(H,15,17). The molecule has 2 aromatic rings. The van der Waals surface area contributed by atoms with Crippen LogP contribution in [0.2, 0.25) is 0 Å². The zero-order valence-corrected chi connectivity index (χ0v) is 11.7. The molecule has 1 aromatic carbocycles. The molecule has 1 N–H and O–H groups in total. The molecule has 0 aliphatic carbocycles. The lowest BCUT2D eigenvalue weighted by Gasteiger charge is -2.11. The SMILES string of the molecule is CN(C)CCCNc1cnnc2cc3c(cc12)OCO3. The van der Waals surface area contributed by atoms with E-state index >= 15 is 0 Å². The lowest BCUT2D eigenvalue weighted by atomic mass is 10.2. The fourth-order valence-electron chi connectivity index (χ4n) is 2.21. The van der Waals surface area contributed by atoms with Gasteiger partial charge in [0, 0.05) is 18.0 Å². The predicted octanol–water partition coefficient (Wildman–Crippen LogP) is 1.72. The molecule has 1 aliphatic heterocycles. The summed E-state index contributed by atoms with van der Waals surface area (Å²) in [6.45, 7) is 2.22. The highest BCUT2D eigenvalue weighted by Crippen LogP contribution is 2.37. The molecule has 0 fully saturated rings. The van der Waals surface area contributed by atoms with Gasteiger partial charge in [-0.05, 0) is 33.1 Å². The Kier molecular flexibility index (Phi) is 3.56. The predicted molar refractivity (Wildman–Crippen MR) is 77.3 cm³/mol. The number of nitrogens with zero attached hydrogens (tertiary/aromatic N) is 3. The number of aromatic nitrogens is 2. The van der Waals surface area contributed by atoms with Crippen LogP contribution in [0.1, 0.15) is 6.42 Å². The molecule has 1 aromatic heterocycles. The molecule has 0 saturated carbocycles. The summed E-state index contributed by atoms with van der Waals surface area (Å²) in [5.74, 6) is 1.50. The minimum Gasteiger partial charge on any atom is -0.454 e. The second kappa shape index (κ2) is 5.50. The van der Waals surface area contributed by atoms with Gasteiger partial charge >= 0.3 is 0 Å². The number of rotatable bonds is 5. The number of ether oxygens (including phenoxy) is 2. The van der Waals surface area contributed by atoms with Crippen LogP contribution in [0.3, 0.4) is 0 Å². The molecule has 6 nitrogen and oxygen atoms in total. The normalized spacial score (nSPS) is 13.2. The molecule has 3 rings (SSSR count). The molecule has 0 atom stereocenters. The van der Waals surface area contributed by atoms with E-state index in [4.69, 9.17) is 9.47 Å². The topological polar surface area (TPSA) is 59.5 Å². The van der Waals surface area contributed by atoms with E-state index in [9.17, 15) is 0 Å². The van der Waals surface area contributed by atoms with Crippen LogP contribution in [-0.2, 0) is 0 Å². The van der Waals surface area contributed by atoms with E-state index in [1.165, 1.54) is 0 Å². The molecule has 6 heteroatoms. The van der Waals surface area contributed by atoms with Gasteiger partial charge in [0.2, 0.25) is 6.79 Å². The fraction of sp³-hybridized carbons (Fsp3) is 0.429. The van der Waals surface area contributed by atoms with Gasteiger partial charge in [-0.2, -0.15) is 10.2 Å². The first kappa shape index (κ1) is 12.9. The first-order chi connectivity index (χ1) is 9.74. The summed E-state index contributed by atoms with van der Waals surface area (Å²) in [7, 11) is 4.15. The van der Waals surface area contributed by atoms with Crippen molar-refractivity contribution in [2.75, 3.05) is 39.3 Å². The third-order valence-corrected chi connectivity index (χ3v) is 3.23.